The molecule has 2 aromatic heterocycles. The molecular weight excluding hydrogens is 416 g/mol. The van der Waals surface area contributed by atoms with Crippen LogP contribution < -0.4 is 10.2 Å². The van der Waals surface area contributed by atoms with Crippen molar-refractivity contribution in [1.82, 2.24) is 14.6 Å². The Kier molecular flexibility index (Phi) is 6.34. The fraction of sp³-hybridized carbons (Fsp3) is 0.273. The number of anilines is 1. The fourth-order valence-electron chi connectivity index (χ4n) is 3.57. The van der Waals surface area contributed by atoms with E-state index in [1.54, 1.807) is 12.3 Å². The predicted octanol–water partition coefficient (Wildman–Crippen LogP) is 2.22. The van der Waals surface area contributed by atoms with Crippen LogP contribution in [0.2, 0.25) is 0 Å². The van der Waals surface area contributed by atoms with E-state index >= 15 is 0 Å². The number of amides is 1. The minimum atomic E-state index is -3.47. The molecule has 1 aliphatic rings. The molecule has 1 N–H and O–H groups in total. The van der Waals surface area contributed by atoms with Crippen LogP contribution >= 0.6 is 0 Å². The zero-order valence-electron chi connectivity index (χ0n) is 17.0. The summed E-state index contributed by atoms with van der Waals surface area (Å²) >= 11 is 0. The molecule has 0 atom stereocenters. The maximum absolute atomic E-state index is 12.7. The number of aromatic nitrogens is 1. The van der Waals surface area contributed by atoms with Crippen molar-refractivity contribution in [3.8, 4) is 11.1 Å². The zero-order chi connectivity index (χ0) is 21.7. The Morgan fingerprint density at radius 3 is 2.45 bits per heavy atom. The average molecular weight is 441 g/mol. The van der Waals surface area contributed by atoms with E-state index in [4.69, 9.17) is 4.42 Å². The van der Waals surface area contributed by atoms with Gasteiger partial charge >= 0.3 is 0 Å². The fourth-order valence-corrected chi connectivity index (χ4v) is 4.91. The molecule has 1 amide bonds. The molecule has 0 unspecified atom stereocenters. The van der Waals surface area contributed by atoms with Crippen molar-refractivity contribution in [3.05, 3.63) is 72.8 Å². The predicted molar refractivity (Wildman–Crippen MR) is 118 cm³/mol. The van der Waals surface area contributed by atoms with Gasteiger partial charge in [0.2, 0.25) is 10.0 Å². The number of furan rings is 1. The molecule has 8 nitrogen and oxygen atoms in total. The minimum Gasteiger partial charge on any atom is -0.459 e. The smallest absolute Gasteiger partial charge is 0.287 e. The van der Waals surface area contributed by atoms with E-state index in [1.165, 1.54) is 10.6 Å². The normalized spacial score (nSPS) is 15.0. The minimum absolute atomic E-state index is 0.0105. The van der Waals surface area contributed by atoms with Crippen molar-refractivity contribution in [2.45, 2.75) is 0 Å². The highest BCUT2D eigenvalue weighted by Crippen LogP contribution is 2.24. The number of hydrogen-bond acceptors (Lipinski definition) is 6. The maximum Gasteiger partial charge on any atom is 0.287 e. The SMILES string of the molecule is O=C(NCCS(=O)(=O)N1CCN(c2ccccn2)CC1)c1occc1-c1ccccc1. The second-order valence-electron chi connectivity index (χ2n) is 7.18. The highest BCUT2D eigenvalue weighted by atomic mass is 32.2. The number of benzene rings is 1. The maximum atomic E-state index is 12.7. The molecule has 0 bridgehead atoms. The number of carbonyl (C=O) groups is 1. The molecule has 0 radical (unpaired) electrons. The van der Waals surface area contributed by atoms with Crippen molar-refractivity contribution < 1.29 is 17.6 Å². The lowest BCUT2D eigenvalue weighted by molar-refractivity contribution is 0.0929. The van der Waals surface area contributed by atoms with Gasteiger partial charge in [0.1, 0.15) is 5.82 Å². The van der Waals surface area contributed by atoms with Crippen LogP contribution in [0.15, 0.2) is 71.5 Å². The van der Waals surface area contributed by atoms with E-state index in [0.29, 0.717) is 31.7 Å². The van der Waals surface area contributed by atoms with Crippen molar-refractivity contribution in [1.29, 1.82) is 0 Å². The van der Waals surface area contributed by atoms with Gasteiger partial charge in [-0.1, -0.05) is 36.4 Å². The standard InChI is InChI=1S/C22H24N4O4S/c27-22(21-19(9-16-30-21)18-6-2-1-3-7-18)24-11-17-31(28,29)26-14-12-25(13-15-26)20-8-4-5-10-23-20/h1-10,16H,11-15,17H2,(H,24,27). The van der Waals surface area contributed by atoms with E-state index < -0.39 is 15.9 Å². The monoisotopic (exact) mass is 440 g/mol. The molecule has 1 aliphatic heterocycles. The summed E-state index contributed by atoms with van der Waals surface area (Å²) in [6, 6.07) is 16.8. The second kappa shape index (κ2) is 9.32. The lowest BCUT2D eigenvalue weighted by atomic mass is 10.1. The van der Waals surface area contributed by atoms with Crippen LogP contribution in [-0.2, 0) is 10.0 Å². The molecule has 1 aromatic carbocycles. The zero-order valence-corrected chi connectivity index (χ0v) is 17.8. The summed E-state index contributed by atoms with van der Waals surface area (Å²) < 4.78 is 32.2. The topological polar surface area (TPSA) is 95.8 Å². The van der Waals surface area contributed by atoms with Gasteiger partial charge in [0.15, 0.2) is 5.76 Å². The van der Waals surface area contributed by atoms with Crippen LogP contribution in [0.1, 0.15) is 10.6 Å². The number of rotatable bonds is 7. The molecule has 1 fully saturated rings. The Balaban J connectivity index is 1.30. The quantitative estimate of drug-likeness (QED) is 0.605. The van der Waals surface area contributed by atoms with E-state index in [1.807, 2.05) is 48.5 Å². The first-order valence-corrected chi connectivity index (χ1v) is 11.7. The summed E-state index contributed by atoms with van der Waals surface area (Å²) in [7, 11) is -3.47. The van der Waals surface area contributed by atoms with Crippen LogP contribution in [-0.4, -0.2) is 62.1 Å². The van der Waals surface area contributed by atoms with Gasteiger partial charge in [-0.3, -0.25) is 4.79 Å². The molecule has 162 valence electrons. The molecular formula is C22H24N4O4S. The van der Waals surface area contributed by atoms with Crippen molar-refractivity contribution in [2.24, 2.45) is 0 Å². The number of pyridine rings is 1. The number of nitrogens with zero attached hydrogens (tertiary/aromatic N) is 3. The summed E-state index contributed by atoms with van der Waals surface area (Å²) in [5.41, 5.74) is 1.53. The number of sulfonamides is 1. The van der Waals surface area contributed by atoms with E-state index in [9.17, 15) is 13.2 Å². The van der Waals surface area contributed by atoms with Gasteiger partial charge in [-0.05, 0) is 23.8 Å². The summed E-state index contributed by atoms with van der Waals surface area (Å²) in [6.07, 6.45) is 3.18. The molecule has 0 spiro atoms. The summed E-state index contributed by atoms with van der Waals surface area (Å²) in [5, 5.41) is 2.67. The van der Waals surface area contributed by atoms with Gasteiger partial charge in [-0.2, -0.15) is 4.31 Å². The lowest BCUT2D eigenvalue weighted by Crippen LogP contribution is -2.50. The number of piperazine rings is 1. The number of nitrogens with one attached hydrogen (secondary N) is 1. The molecule has 3 heterocycles. The lowest BCUT2D eigenvalue weighted by Gasteiger charge is -2.34. The third kappa shape index (κ3) is 4.95. The van der Waals surface area contributed by atoms with Gasteiger partial charge in [-0.25, -0.2) is 13.4 Å². The third-order valence-electron chi connectivity index (χ3n) is 5.21. The van der Waals surface area contributed by atoms with E-state index in [-0.39, 0.29) is 18.1 Å². The highest BCUT2D eigenvalue weighted by molar-refractivity contribution is 7.89. The molecule has 4 rings (SSSR count). The Hall–Kier alpha value is -3.17. The van der Waals surface area contributed by atoms with Gasteiger partial charge in [-0.15, -0.1) is 0 Å². The van der Waals surface area contributed by atoms with Crippen molar-refractivity contribution >= 4 is 21.7 Å². The molecule has 0 saturated carbocycles. The van der Waals surface area contributed by atoms with Gasteiger partial charge in [0, 0.05) is 44.5 Å². The van der Waals surface area contributed by atoms with Crippen LogP contribution in [0.3, 0.4) is 0 Å². The van der Waals surface area contributed by atoms with E-state index in [2.05, 4.69) is 15.2 Å². The molecule has 9 heteroatoms. The number of hydrogen-bond donors (Lipinski definition) is 1. The van der Waals surface area contributed by atoms with Crippen LogP contribution in [0.4, 0.5) is 5.82 Å². The third-order valence-corrected chi connectivity index (χ3v) is 7.08. The second-order valence-corrected chi connectivity index (χ2v) is 9.26. The molecule has 3 aromatic rings. The van der Waals surface area contributed by atoms with Gasteiger partial charge < -0.3 is 14.6 Å². The van der Waals surface area contributed by atoms with E-state index in [0.717, 1.165) is 11.4 Å². The van der Waals surface area contributed by atoms with Crippen LogP contribution in [0.25, 0.3) is 11.1 Å². The Morgan fingerprint density at radius 2 is 1.74 bits per heavy atom. The first-order valence-electron chi connectivity index (χ1n) is 10.1. The average Bonchev–Trinajstić information content (AvgIpc) is 3.30. The summed E-state index contributed by atoms with van der Waals surface area (Å²) in [6.45, 7) is 1.95. The highest BCUT2D eigenvalue weighted by Gasteiger charge is 2.27. The van der Waals surface area contributed by atoms with Crippen molar-refractivity contribution in [2.75, 3.05) is 43.4 Å². The number of carbonyl (C=O) groups excluding carboxylic acids is 1. The Labute approximate surface area is 181 Å². The molecule has 31 heavy (non-hydrogen) atoms. The molecule has 0 aliphatic carbocycles. The van der Waals surface area contributed by atoms with Gasteiger partial charge in [0.25, 0.3) is 5.91 Å². The Morgan fingerprint density at radius 1 is 1.00 bits per heavy atom. The summed E-state index contributed by atoms with van der Waals surface area (Å²) in [5.74, 6) is 0.426. The first-order chi connectivity index (χ1) is 15.0. The van der Waals surface area contributed by atoms with Crippen LogP contribution in [0.5, 0.6) is 0 Å². The summed E-state index contributed by atoms with van der Waals surface area (Å²) in [4.78, 5) is 18.9. The molecule has 1 saturated heterocycles. The van der Waals surface area contributed by atoms with Crippen molar-refractivity contribution in [3.63, 3.8) is 0 Å². The Bertz CT molecular complexity index is 1110. The first kappa shape index (κ1) is 21.1. The van der Waals surface area contributed by atoms with Crippen LogP contribution in [0, 0.1) is 0 Å². The van der Waals surface area contributed by atoms with Gasteiger partial charge in [0.05, 0.1) is 12.0 Å². The largest absolute Gasteiger partial charge is 0.459 e.